The molecule has 19 heavy (non-hydrogen) atoms. The lowest BCUT2D eigenvalue weighted by Gasteiger charge is -2.16. The molecule has 2 rings (SSSR count). The first-order valence-electron chi connectivity index (χ1n) is 6.39. The van der Waals surface area contributed by atoms with E-state index in [9.17, 15) is 5.11 Å². The highest BCUT2D eigenvalue weighted by Gasteiger charge is 2.13. The van der Waals surface area contributed by atoms with Crippen molar-refractivity contribution in [3.05, 3.63) is 59.2 Å². The van der Waals surface area contributed by atoms with Gasteiger partial charge >= 0.3 is 0 Å². The quantitative estimate of drug-likeness (QED) is 0.828. The number of anilines is 1. The summed E-state index contributed by atoms with van der Waals surface area (Å²) >= 11 is 0. The number of nitrogens with two attached hydrogens (primary N) is 1. The van der Waals surface area contributed by atoms with Gasteiger partial charge in [-0.25, -0.2) is 0 Å². The summed E-state index contributed by atoms with van der Waals surface area (Å²) in [6.07, 6.45) is -0.667. The maximum Gasteiger partial charge on any atom is 0.119 e. The van der Waals surface area contributed by atoms with Crippen molar-refractivity contribution < 1.29 is 9.84 Å². The summed E-state index contributed by atoms with van der Waals surface area (Å²) in [5, 5.41) is 10.4. The van der Waals surface area contributed by atoms with Crippen LogP contribution in [-0.2, 0) is 0 Å². The van der Waals surface area contributed by atoms with Crippen LogP contribution >= 0.6 is 0 Å². The standard InChI is InChI=1S/C16H19NO2/c1-3-19-13-9-7-12(8-10-13)16(18)14-5-4-6-15(17)11(14)2/h4-10,16,18H,3,17H2,1-2H3/t16-/m1/s1. The topological polar surface area (TPSA) is 55.5 Å². The van der Waals surface area contributed by atoms with E-state index >= 15 is 0 Å². The Kier molecular flexibility index (Phi) is 4.07. The van der Waals surface area contributed by atoms with Gasteiger partial charge in [-0.2, -0.15) is 0 Å². The number of nitrogen functional groups attached to an aromatic ring is 1. The molecule has 0 aromatic heterocycles. The van der Waals surface area contributed by atoms with Gasteiger partial charge in [-0.1, -0.05) is 24.3 Å². The Hall–Kier alpha value is -2.00. The normalized spacial score (nSPS) is 12.2. The fourth-order valence-electron chi connectivity index (χ4n) is 2.06. The van der Waals surface area contributed by atoms with Gasteiger partial charge < -0.3 is 15.6 Å². The summed E-state index contributed by atoms with van der Waals surface area (Å²) in [5.41, 5.74) is 9.15. The summed E-state index contributed by atoms with van der Waals surface area (Å²) in [4.78, 5) is 0. The molecule has 2 aromatic rings. The van der Waals surface area contributed by atoms with E-state index in [1.54, 1.807) is 0 Å². The molecule has 3 nitrogen and oxygen atoms in total. The minimum Gasteiger partial charge on any atom is -0.494 e. The van der Waals surface area contributed by atoms with Crippen LogP contribution in [0.5, 0.6) is 5.75 Å². The fraction of sp³-hybridized carbons (Fsp3) is 0.250. The molecular weight excluding hydrogens is 238 g/mol. The van der Waals surface area contributed by atoms with E-state index in [1.807, 2.05) is 56.3 Å². The predicted molar refractivity (Wildman–Crippen MR) is 77.3 cm³/mol. The van der Waals surface area contributed by atoms with Crippen molar-refractivity contribution in [2.45, 2.75) is 20.0 Å². The molecule has 0 spiro atoms. The van der Waals surface area contributed by atoms with Crippen LogP contribution in [0, 0.1) is 6.92 Å². The Balaban J connectivity index is 2.28. The number of hydrogen-bond donors (Lipinski definition) is 2. The lowest BCUT2D eigenvalue weighted by molar-refractivity contribution is 0.219. The Bertz CT molecular complexity index is 549. The molecule has 100 valence electrons. The van der Waals surface area contributed by atoms with Gasteiger partial charge in [0.25, 0.3) is 0 Å². The van der Waals surface area contributed by atoms with Crippen molar-refractivity contribution in [3.8, 4) is 5.75 Å². The molecule has 0 heterocycles. The van der Waals surface area contributed by atoms with Crippen molar-refractivity contribution in [3.63, 3.8) is 0 Å². The van der Waals surface area contributed by atoms with Crippen LogP contribution in [0.25, 0.3) is 0 Å². The lowest BCUT2D eigenvalue weighted by Crippen LogP contribution is -2.04. The molecule has 0 saturated heterocycles. The van der Waals surface area contributed by atoms with Gasteiger partial charge in [0.15, 0.2) is 0 Å². The lowest BCUT2D eigenvalue weighted by atomic mass is 9.96. The highest BCUT2D eigenvalue weighted by Crippen LogP contribution is 2.28. The van der Waals surface area contributed by atoms with Gasteiger partial charge in [0.2, 0.25) is 0 Å². The summed E-state index contributed by atoms with van der Waals surface area (Å²) in [5.74, 6) is 0.808. The summed E-state index contributed by atoms with van der Waals surface area (Å²) in [7, 11) is 0. The SMILES string of the molecule is CCOc1ccc([C@@H](O)c2cccc(N)c2C)cc1. The molecular formula is C16H19NO2. The van der Waals surface area contributed by atoms with Gasteiger partial charge in [-0.3, -0.25) is 0 Å². The van der Waals surface area contributed by atoms with Crippen LogP contribution in [0.1, 0.15) is 29.7 Å². The second kappa shape index (κ2) is 5.76. The molecule has 0 aliphatic rings. The van der Waals surface area contributed by atoms with Crippen LogP contribution in [0.4, 0.5) is 5.69 Å². The third-order valence-corrected chi connectivity index (χ3v) is 3.22. The molecule has 3 N–H and O–H groups in total. The van der Waals surface area contributed by atoms with Gasteiger partial charge in [0.05, 0.1) is 6.61 Å². The van der Waals surface area contributed by atoms with Crippen molar-refractivity contribution in [1.82, 2.24) is 0 Å². The highest BCUT2D eigenvalue weighted by molar-refractivity contribution is 5.52. The van der Waals surface area contributed by atoms with Crippen LogP contribution in [-0.4, -0.2) is 11.7 Å². The average Bonchev–Trinajstić information content (AvgIpc) is 2.42. The zero-order chi connectivity index (χ0) is 13.8. The first-order valence-corrected chi connectivity index (χ1v) is 6.39. The third kappa shape index (κ3) is 2.88. The Morgan fingerprint density at radius 3 is 2.47 bits per heavy atom. The number of aliphatic hydroxyl groups is 1. The Morgan fingerprint density at radius 1 is 1.16 bits per heavy atom. The van der Waals surface area contributed by atoms with E-state index in [0.717, 1.165) is 22.4 Å². The van der Waals surface area contributed by atoms with Crippen molar-refractivity contribution >= 4 is 5.69 Å². The van der Waals surface area contributed by atoms with Gasteiger partial charge in [0, 0.05) is 5.69 Å². The molecule has 0 aliphatic carbocycles. The van der Waals surface area contributed by atoms with Crippen LogP contribution in [0.3, 0.4) is 0 Å². The summed E-state index contributed by atoms with van der Waals surface area (Å²) < 4.78 is 5.39. The van der Waals surface area contributed by atoms with Crippen LogP contribution in [0.15, 0.2) is 42.5 Å². The summed E-state index contributed by atoms with van der Waals surface area (Å²) in [6, 6.07) is 13.1. The molecule has 0 fully saturated rings. The first-order chi connectivity index (χ1) is 9.13. The Morgan fingerprint density at radius 2 is 1.84 bits per heavy atom. The van der Waals surface area contributed by atoms with Crippen molar-refractivity contribution in [2.75, 3.05) is 12.3 Å². The minimum atomic E-state index is -0.667. The van der Waals surface area contributed by atoms with Gasteiger partial charge in [-0.05, 0) is 48.7 Å². The van der Waals surface area contributed by atoms with Crippen LogP contribution < -0.4 is 10.5 Å². The second-order valence-electron chi connectivity index (χ2n) is 4.47. The van der Waals surface area contributed by atoms with Crippen molar-refractivity contribution in [2.24, 2.45) is 0 Å². The van der Waals surface area contributed by atoms with E-state index < -0.39 is 6.10 Å². The molecule has 0 amide bonds. The molecule has 0 bridgehead atoms. The molecule has 0 unspecified atom stereocenters. The highest BCUT2D eigenvalue weighted by atomic mass is 16.5. The van der Waals surface area contributed by atoms with Gasteiger partial charge in [0.1, 0.15) is 11.9 Å². The van der Waals surface area contributed by atoms with E-state index in [-0.39, 0.29) is 0 Å². The number of aliphatic hydroxyl groups excluding tert-OH is 1. The molecule has 3 heteroatoms. The third-order valence-electron chi connectivity index (χ3n) is 3.22. The summed E-state index contributed by atoms with van der Waals surface area (Å²) in [6.45, 7) is 4.50. The molecule has 0 aliphatic heterocycles. The monoisotopic (exact) mass is 257 g/mol. The number of ether oxygens (including phenoxy) is 1. The maximum atomic E-state index is 10.4. The molecule has 1 atom stereocenters. The van der Waals surface area contributed by atoms with Crippen molar-refractivity contribution in [1.29, 1.82) is 0 Å². The van der Waals surface area contributed by atoms with E-state index in [1.165, 1.54) is 0 Å². The largest absolute Gasteiger partial charge is 0.494 e. The smallest absolute Gasteiger partial charge is 0.119 e. The molecule has 2 aromatic carbocycles. The van der Waals surface area contributed by atoms with E-state index in [2.05, 4.69) is 0 Å². The van der Waals surface area contributed by atoms with E-state index in [4.69, 9.17) is 10.5 Å². The minimum absolute atomic E-state index is 0.635. The number of rotatable bonds is 4. The Labute approximate surface area is 113 Å². The zero-order valence-electron chi connectivity index (χ0n) is 11.3. The van der Waals surface area contributed by atoms with Crippen LogP contribution in [0.2, 0.25) is 0 Å². The molecule has 0 saturated carbocycles. The number of benzene rings is 2. The van der Waals surface area contributed by atoms with E-state index in [0.29, 0.717) is 12.3 Å². The second-order valence-corrected chi connectivity index (χ2v) is 4.47. The number of hydrogen-bond acceptors (Lipinski definition) is 3. The average molecular weight is 257 g/mol. The predicted octanol–water partition coefficient (Wildman–Crippen LogP) is 3.06. The first kappa shape index (κ1) is 13.4. The fourth-order valence-corrected chi connectivity index (χ4v) is 2.06. The molecule has 0 radical (unpaired) electrons. The van der Waals surface area contributed by atoms with Gasteiger partial charge in [-0.15, -0.1) is 0 Å². The maximum absolute atomic E-state index is 10.4. The zero-order valence-corrected chi connectivity index (χ0v) is 11.3.